The molecule has 0 aromatic carbocycles. The van der Waals surface area contributed by atoms with Crippen LogP contribution in [0.1, 0.15) is 39.5 Å². The Morgan fingerprint density at radius 1 is 1.03 bits per heavy atom. The Bertz CT molecular complexity index is 650. The monoisotopic (exact) mass is 430 g/mol. The van der Waals surface area contributed by atoms with E-state index in [1.165, 1.54) is 0 Å². The molecule has 1 fully saturated rings. The number of carbonyl (C=O) groups is 5. The van der Waals surface area contributed by atoms with Crippen LogP contribution in [0.15, 0.2) is 0 Å². The van der Waals surface area contributed by atoms with Gasteiger partial charge in [-0.25, -0.2) is 4.79 Å². The van der Waals surface area contributed by atoms with Crippen molar-refractivity contribution in [2.45, 2.75) is 63.7 Å². The fourth-order valence-electron chi connectivity index (χ4n) is 2.97. The second-order valence-electron chi connectivity index (χ2n) is 7.26. The smallest absolute Gasteiger partial charge is 0.326 e. The third kappa shape index (κ3) is 7.59. The maximum absolute atomic E-state index is 12.7. The summed E-state index contributed by atoms with van der Waals surface area (Å²) >= 11 is 0. The van der Waals surface area contributed by atoms with Crippen LogP contribution in [0.5, 0.6) is 0 Å². The van der Waals surface area contributed by atoms with E-state index >= 15 is 0 Å². The molecule has 30 heavy (non-hydrogen) atoms. The molecule has 0 bridgehead atoms. The van der Waals surface area contributed by atoms with Crippen LogP contribution in [0.3, 0.4) is 0 Å². The van der Waals surface area contributed by atoms with Crippen molar-refractivity contribution in [1.82, 2.24) is 21.3 Å². The highest BCUT2D eigenvalue weighted by Gasteiger charge is 2.33. The Morgan fingerprint density at radius 3 is 2.13 bits per heavy atom. The van der Waals surface area contributed by atoms with Crippen LogP contribution in [0, 0.1) is 5.92 Å². The Morgan fingerprint density at radius 2 is 1.67 bits per heavy atom. The molecule has 1 saturated heterocycles. The van der Waals surface area contributed by atoms with E-state index in [0.717, 1.165) is 6.42 Å². The van der Waals surface area contributed by atoms with Gasteiger partial charge in [0.15, 0.2) is 0 Å². The second kappa shape index (κ2) is 12.1. The molecule has 1 rings (SSSR count). The summed E-state index contributed by atoms with van der Waals surface area (Å²) in [6, 6.07) is -4.62. The quantitative estimate of drug-likeness (QED) is 0.180. The first-order chi connectivity index (χ1) is 14.1. The number of amides is 3. The van der Waals surface area contributed by atoms with Gasteiger partial charge in [0.2, 0.25) is 17.7 Å². The van der Waals surface area contributed by atoms with Gasteiger partial charge in [-0.2, -0.15) is 0 Å². The summed E-state index contributed by atoms with van der Waals surface area (Å²) in [5.41, 5.74) is 0. The highest BCUT2D eigenvalue weighted by Crippen LogP contribution is 2.11. The maximum Gasteiger partial charge on any atom is 0.326 e. The minimum absolute atomic E-state index is 0.281. The lowest BCUT2D eigenvalue weighted by Gasteiger charge is -2.27. The van der Waals surface area contributed by atoms with Crippen LogP contribution < -0.4 is 21.3 Å². The summed E-state index contributed by atoms with van der Waals surface area (Å²) in [6.07, 6.45) is 1.16. The number of carboxylic acid groups (broad SMARTS) is 2. The molecule has 1 aliphatic rings. The first-order valence-corrected chi connectivity index (χ1v) is 9.80. The largest absolute Gasteiger partial charge is 0.481 e. The summed E-state index contributed by atoms with van der Waals surface area (Å²) in [7, 11) is 0. The normalized spacial score (nSPS) is 19.8. The van der Waals surface area contributed by atoms with E-state index in [-0.39, 0.29) is 11.8 Å². The van der Waals surface area contributed by atoms with Gasteiger partial charge in [-0.15, -0.1) is 0 Å². The summed E-state index contributed by atoms with van der Waals surface area (Å²) in [4.78, 5) is 59.2. The molecule has 0 spiro atoms. The van der Waals surface area contributed by atoms with E-state index in [1.54, 1.807) is 6.92 Å². The summed E-state index contributed by atoms with van der Waals surface area (Å²) in [6.45, 7) is 3.42. The molecule has 0 radical (unpaired) electrons. The van der Waals surface area contributed by atoms with Crippen molar-refractivity contribution in [3.05, 3.63) is 0 Å². The van der Waals surface area contributed by atoms with Gasteiger partial charge in [0, 0.05) is 0 Å². The first kappa shape index (κ1) is 25.3. The lowest BCUT2D eigenvalue weighted by atomic mass is 9.97. The molecular formula is C18H30N4O8. The van der Waals surface area contributed by atoms with Gasteiger partial charge in [-0.3, -0.25) is 19.2 Å². The van der Waals surface area contributed by atoms with E-state index in [4.69, 9.17) is 10.2 Å². The zero-order valence-electron chi connectivity index (χ0n) is 17.0. The minimum atomic E-state index is -1.72. The standard InChI is InChI=1S/C18H30N4O8/c1-3-9(2)14(22-15(26)10-5-4-6-19-10)17(28)21-12(8-23)16(27)20-11(18(29)30)7-13(24)25/h9-12,14,19,23H,3-8H2,1-2H3,(H,20,27)(H,21,28)(H,22,26)(H,24,25)(H,29,30). The fourth-order valence-corrected chi connectivity index (χ4v) is 2.97. The second-order valence-corrected chi connectivity index (χ2v) is 7.26. The van der Waals surface area contributed by atoms with E-state index in [1.807, 2.05) is 12.2 Å². The zero-order valence-corrected chi connectivity index (χ0v) is 17.0. The molecule has 1 aliphatic heterocycles. The summed E-state index contributed by atoms with van der Waals surface area (Å²) in [5, 5.41) is 37.2. The molecule has 0 aliphatic carbocycles. The van der Waals surface area contributed by atoms with Crippen molar-refractivity contribution >= 4 is 29.7 Å². The highest BCUT2D eigenvalue weighted by atomic mass is 16.4. The first-order valence-electron chi connectivity index (χ1n) is 9.80. The zero-order chi connectivity index (χ0) is 22.8. The predicted molar refractivity (Wildman–Crippen MR) is 103 cm³/mol. The number of aliphatic hydroxyl groups excluding tert-OH is 1. The van der Waals surface area contributed by atoms with Crippen molar-refractivity contribution in [2.24, 2.45) is 5.92 Å². The SMILES string of the molecule is CCC(C)C(NC(=O)C1CCCN1)C(=O)NC(CO)C(=O)NC(CC(=O)O)C(=O)O. The molecule has 0 aromatic heterocycles. The maximum atomic E-state index is 12.7. The number of aliphatic carboxylic acids is 2. The number of carbonyl (C=O) groups excluding carboxylic acids is 3. The molecular weight excluding hydrogens is 400 g/mol. The van der Waals surface area contributed by atoms with Gasteiger partial charge in [-0.1, -0.05) is 20.3 Å². The van der Waals surface area contributed by atoms with Gasteiger partial charge >= 0.3 is 11.9 Å². The van der Waals surface area contributed by atoms with Crippen molar-refractivity contribution in [2.75, 3.05) is 13.2 Å². The molecule has 170 valence electrons. The average molecular weight is 430 g/mol. The van der Waals surface area contributed by atoms with Gasteiger partial charge in [0.25, 0.3) is 0 Å². The molecule has 7 N–H and O–H groups in total. The average Bonchev–Trinajstić information content (AvgIpc) is 3.23. The molecule has 5 unspecified atom stereocenters. The van der Waals surface area contributed by atoms with Crippen LogP contribution in [0.25, 0.3) is 0 Å². The highest BCUT2D eigenvalue weighted by molar-refractivity contribution is 5.94. The Labute approximate surface area is 173 Å². The predicted octanol–water partition coefficient (Wildman–Crippen LogP) is -2.21. The van der Waals surface area contributed by atoms with Crippen molar-refractivity contribution < 1.29 is 39.3 Å². The van der Waals surface area contributed by atoms with E-state index < -0.39 is 60.9 Å². The molecule has 0 aromatic rings. The number of hydrogen-bond donors (Lipinski definition) is 7. The fraction of sp³-hybridized carbons (Fsp3) is 0.722. The van der Waals surface area contributed by atoms with Gasteiger partial charge in [0.05, 0.1) is 19.1 Å². The van der Waals surface area contributed by atoms with Crippen LogP contribution in [0.2, 0.25) is 0 Å². The Balaban J connectivity index is 2.82. The van der Waals surface area contributed by atoms with Gasteiger partial charge in [0.1, 0.15) is 18.1 Å². The van der Waals surface area contributed by atoms with Crippen LogP contribution in [0.4, 0.5) is 0 Å². The van der Waals surface area contributed by atoms with Gasteiger partial charge in [-0.05, 0) is 25.3 Å². The number of hydrogen-bond acceptors (Lipinski definition) is 7. The molecule has 1 heterocycles. The molecule has 0 saturated carbocycles. The van der Waals surface area contributed by atoms with Crippen molar-refractivity contribution in [3.8, 4) is 0 Å². The minimum Gasteiger partial charge on any atom is -0.481 e. The van der Waals surface area contributed by atoms with E-state index in [2.05, 4.69) is 16.0 Å². The molecule has 3 amide bonds. The van der Waals surface area contributed by atoms with Crippen LogP contribution >= 0.6 is 0 Å². The lowest BCUT2D eigenvalue weighted by molar-refractivity contribution is -0.147. The molecule has 12 nitrogen and oxygen atoms in total. The number of carboxylic acids is 2. The lowest BCUT2D eigenvalue weighted by Crippen LogP contribution is -2.59. The number of aliphatic hydroxyl groups is 1. The van der Waals surface area contributed by atoms with Crippen molar-refractivity contribution in [3.63, 3.8) is 0 Å². The molecule has 5 atom stereocenters. The van der Waals surface area contributed by atoms with Crippen LogP contribution in [-0.4, -0.2) is 82.3 Å². The number of rotatable bonds is 12. The Hall–Kier alpha value is -2.73. The van der Waals surface area contributed by atoms with Crippen LogP contribution in [-0.2, 0) is 24.0 Å². The topological polar surface area (TPSA) is 194 Å². The van der Waals surface area contributed by atoms with E-state index in [9.17, 15) is 29.1 Å². The summed E-state index contributed by atoms with van der Waals surface area (Å²) < 4.78 is 0. The number of nitrogens with one attached hydrogen (secondary N) is 4. The van der Waals surface area contributed by atoms with Gasteiger partial charge < -0.3 is 36.6 Å². The van der Waals surface area contributed by atoms with E-state index in [0.29, 0.717) is 19.4 Å². The summed E-state index contributed by atoms with van der Waals surface area (Å²) in [5.74, 6) is -5.39. The third-order valence-electron chi connectivity index (χ3n) is 4.98. The third-order valence-corrected chi connectivity index (χ3v) is 4.98. The Kier molecular flexibility index (Phi) is 10.2. The van der Waals surface area contributed by atoms with Crippen molar-refractivity contribution in [1.29, 1.82) is 0 Å². The molecule has 12 heteroatoms.